The first-order valence-electron chi connectivity index (χ1n) is 6.55. The maximum Gasteiger partial charge on any atom is 0.453 e. The van der Waals surface area contributed by atoms with Crippen molar-refractivity contribution in [1.82, 2.24) is 35.0 Å². The molecule has 11 heteroatoms. The van der Waals surface area contributed by atoms with Crippen LogP contribution in [0.1, 0.15) is 32.4 Å². The highest BCUT2D eigenvalue weighted by Crippen LogP contribution is 2.29. The van der Waals surface area contributed by atoms with Gasteiger partial charge < -0.3 is 0 Å². The lowest BCUT2D eigenvalue weighted by Gasteiger charge is -2.12. The Kier molecular flexibility index (Phi) is 3.54. The van der Waals surface area contributed by atoms with Crippen LogP contribution >= 0.6 is 11.8 Å². The topological polar surface area (TPSA) is 84.7 Å². The molecule has 1 N–H and O–H groups in total. The lowest BCUT2D eigenvalue weighted by Crippen LogP contribution is -2.13. The van der Waals surface area contributed by atoms with Crippen LogP contribution in [0.4, 0.5) is 13.2 Å². The fourth-order valence-electron chi connectivity index (χ4n) is 1.72. The van der Waals surface area contributed by atoms with Gasteiger partial charge in [-0.25, -0.2) is 4.98 Å². The third kappa shape index (κ3) is 3.14. The van der Waals surface area contributed by atoms with E-state index in [1.54, 1.807) is 6.07 Å². The SMILES string of the molecule is CC(C)(C)c1nc(Sc2ccc3nnc(C(F)(F)F)n3n2)n[nH]1. The van der Waals surface area contributed by atoms with Crippen molar-refractivity contribution in [3.05, 3.63) is 23.8 Å². The Morgan fingerprint density at radius 2 is 1.87 bits per heavy atom. The minimum absolute atomic E-state index is 0.0204. The molecule has 0 fully saturated rings. The normalized spacial score (nSPS) is 13.0. The fourth-order valence-corrected chi connectivity index (χ4v) is 2.40. The van der Waals surface area contributed by atoms with Crippen molar-refractivity contribution in [2.75, 3.05) is 0 Å². The van der Waals surface area contributed by atoms with E-state index in [9.17, 15) is 13.2 Å². The minimum Gasteiger partial charge on any atom is -0.262 e. The Labute approximate surface area is 132 Å². The number of alkyl halides is 3. The van der Waals surface area contributed by atoms with Crippen LogP contribution in [-0.2, 0) is 11.6 Å². The van der Waals surface area contributed by atoms with Crippen LogP contribution in [-0.4, -0.2) is 35.0 Å². The molecule has 0 atom stereocenters. The average molecular weight is 343 g/mol. The number of aromatic amines is 1. The number of aromatic nitrogens is 7. The number of hydrogen-bond acceptors (Lipinski definition) is 6. The Hall–Kier alpha value is -2.17. The molecular weight excluding hydrogens is 331 g/mol. The minimum atomic E-state index is -4.63. The summed E-state index contributed by atoms with van der Waals surface area (Å²) in [6.07, 6.45) is -4.63. The van der Waals surface area contributed by atoms with Crippen LogP contribution in [0.5, 0.6) is 0 Å². The van der Waals surface area contributed by atoms with Crippen LogP contribution in [0.25, 0.3) is 5.65 Å². The standard InChI is InChI=1S/C12H12F3N7S/c1-11(2,3)8-16-10(20-18-8)23-7-5-4-6-17-19-9(12(13,14)15)22(6)21-7/h4-5H,1-3H3,(H,16,18,20). The molecule has 23 heavy (non-hydrogen) atoms. The van der Waals surface area contributed by atoms with Gasteiger partial charge in [-0.1, -0.05) is 20.8 Å². The summed E-state index contributed by atoms with van der Waals surface area (Å²) in [6.45, 7) is 5.91. The van der Waals surface area contributed by atoms with E-state index >= 15 is 0 Å². The number of halogens is 3. The Morgan fingerprint density at radius 1 is 1.13 bits per heavy atom. The molecule has 122 valence electrons. The van der Waals surface area contributed by atoms with Crippen molar-refractivity contribution in [1.29, 1.82) is 0 Å². The zero-order chi connectivity index (χ0) is 16.8. The summed E-state index contributed by atoms with van der Waals surface area (Å²) in [7, 11) is 0. The molecule has 0 bridgehead atoms. The molecule has 0 radical (unpaired) electrons. The second kappa shape index (κ2) is 5.18. The van der Waals surface area contributed by atoms with Crippen molar-refractivity contribution in [3.63, 3.8) is 0 Å². The molecule has 0 aliphatic rings. The molecule has 3 heterocycles. The van der Waals surface area contributed by atoms with Crippen molar-refractivity contribution in [3.8, 4) is 0 Å². The Balaban J connectivity index is 1.93. The number of hydrogen-bond donors (Lipinski definition) is 1. The number of nitrogens with one attached hydrogen (secondary N) is 1. The first-order chi connectivity index (χ1) is 10.6. The fraction of sp³-hybridized carbons (Fsp3) is 0.417. The molecule has 3 aromatic heterocycles. The highest BCUT2D eigenvalue weighted by Gasteiger charge is 2.37. The third-order valence-electron chi connectivity index (χ3n) is 2.86. The van der Waals surface area contributed by atoms with Gasteiger partial charge in [0.1, 0.15) is 10.9 Å². The quantitative estimate of drug-likeness (QED) is 0.770. The number of H-pyrrole nitrogens is 1. The summed E-state index contributed by atoms with van der Waals surface area (Å²) < 4.78 is 39.2. The third-order valence-corrected chi connectivity index (χ3v) is 3.66. The van der Waals surface area contributed by atoms with Gasteiger partial charge in [0.15, 0.2) is 5.65 Å². The molecule has 0 unspecified atom stereocenters. The second-order valence-corrected chi connectivity index (χ2v) is 6.77. The molecule has 0 amide bonds. The summed E-state index contributed by atoms with van der Waals surface area (Å²) in [5, 5.41) is 18.0. The van der Waals surface area contributed by atoms with E-state index in [-0.39, 0.29) is 11.1 Å². The van der Waals surface area contributed by atoms with Crippen molar-refractivity contribution < 1.29 is 13.2 Å². The molecule has 0 aromatic carbocycles. The average Bonchev–Trinajstić information content (AvgIpc) is 3.03. The molecule has 0 spiro atoms. The van der Waals surface area contributed by atoms with Gasteiger partial charge in [0.05, 0.1) is 0 Å². The highest BCUT2D eigenvalue weighted by atomic mass is 32.2. The van der Waals surface area contributed by atoms with Gasteiger partial charge in [-0.3, -0.25) is 5.10 Å². The molecule has 0 aliphatic carbocycles. The van der Waals surface area contributed by atoms with E-state index in [4.69, 9.17) is 0 Å². The smallest absolute Gasteiger partial charge is 0.262 e. The number of fused-ring (bicyclic) bond motifs is 1. The molecular formula is C12H12F3N7S. The summed E-state index contributed by atoms with van der Waals surface area (Å²) in [5.74, 6) is -0.485. The van der Waals surface area contributed by atoms with Gasteiger partial charge in [-0.2, -0.15) is 22.8 Å². The van der Waals surface area contributed by atoms with E-state index in [0.717, 1.165) is 11.8 Å². The number of nitrogens with zero attached hydrogens (tertiary/aromatic N) is 6. The lowest BCUT2D eigenvalue weighted by molar-refractivity contribution is -0.146. The zero-order valence-electron chi connectivity index (χ0n) is 12.4. The maximum absolute atomic E-state index is 12.8. The van der Waals surface area contributed by atoms with E-state index in [1.807, 2.05) is 20.8 Å². The van der Waals surface area contributed by atoms with Gasteiger partial charge in [-0.05, 0) is 23.9 Å². The molecule has 3 rings (SSSR count). The van der Waals surface area contributed by atoms with Gasteiger partial charge in [-0.15, -0.1) is 15.3 Å². The van der Waals surface area contributed by atoms with E-state index in [1.165, 1.54) is 6.07 Å². The first-order valence-corrected chi connectivity index (χ1v) is 7.36. The van der Waals surface area contributed by atoms with E-state index in [0.29, 0.717) is 20.5 Å². The van der Waals surface area contributed by atoms with Gasteiger partial charge in [0, 0.05) is 5.41 Å². The van der Waals surface area contributed by atoms with Gasteiger partial charge in [0.2, 0.25) is 5.16 Å². The molecule has 7 nitrogen and oxygen atoms in total. The van der Waals surface area contributed by atoms with Crippen LogP contribution in [0, 0.1) is 0 Å². The van der Waals surface area contributed by atoms with E-state index < -0.39 is 12.0 Å². The van der Waals surface area contributed by atoms with Crippen molar-refractivity contribution in [2.45, 2.75) is 42.5 Å². The largest absolute Gasteiger partial charge is 0.453 e. The predicted octanol–water partition coefficient (Wildman–Crippen LogP) is 2.71. The second-order valence-electron chi connectivity index (χ2n) is 5.78. The maximum atomic E-state index is 12.8. The molecule has 0 saturated heterocycles. The molecule has 0 saturated carbocycles. The molecule has 3 aromatic rings. The zero-order valence-corrected chi connectivity index (χ0v) is 13.2. The summed E-state index contributed by atoms with van der Waals surface area (Å²) in [5.41, 5.74) is -0.187. The van der Waals surface area contributed by atoms with Crippen LogP contribution in [0.2, 0.25) is 0 Å². The lowest BCUT2D eigenvalue weighted by atomic mass is 9.96. The summed E-state index contributed by atoms with van der Waals surface area (Å²) in [6, 6.07) is 2.96. The van der Waals surface area contributed by atoms with Crippen molar-refractivity contribution in [2.24, 2.45) is 0 Å². The van der Waals surface area contributed by atoms with E-state index in [2.05, 4.69) is 30.5 Å². The van der Waals surface area contributed by atoms with Gasteiger partial charge in [0.25, 0.3) is 5.82 Å². The monoisotopic (exact) mass is 343 g/mol. The van der Waals surface area contributed by atoms with Crippen LogP contribution in [0.3, 0.4) is 0 Å². The van der Waals surface area contributed by atoms with Gasteiger partial charge >= 0.3 is 6.18 Å². The predicted molar refractivity (Wildman–Crippen MR) is 75.0 cm³/mol. The first kappa shape index (κ1) is 15.7. The Bertz CT molecular complexity index is 846. The summed E-state index contributed by atoms with van der Waals surface area (Å²) >= 11 is 1.05. The van der Waals surface area contributed by atoms with Crippen molar-refractivity contribution >= 4 is 17.4 Å². The summed E-state index contributed by atoms with van der Waals surface area (Å²) in [4.78, 5) is 4.31. The van der Waals surface area contributed by atoms with Crippen LogP contribution in [0.15, 0.2) is 22.3 Å². The molecule has 0 aliphatic heterocycles. The van der Waals surface area contributed by atoms with Crippen LogP contribution < -0.4 is 0 Å². The highest BCUT2D eigenvalue weighted by molar-refractivity contribution is 7.99. The number of rotatable bonds is 2. The Morgan fingerprint density at radius 3 is 2.48 bits per heavy atom.